The Morgan fingerprint density at radius 2 is 1.59 bits per heavy atom. The second kappa shape index (κ2) is 12.4. The lowest BCUT2D eigenvalue weighted by atomic mass is 9.94. The van der Waals surface area contributed by atoms with E-state index in [0.717, 1.165) is 47.8 Å². The van der Waals surface area contributed by atoms with Crippen molar-refractivity contribution in [2.24, 2.45) is 0 Å². The summed E-state index contributed by atoms with van der Waals surface area (Å²) in [6.07, 6.45) is 7.08. The summed E-state index contributed by atoms with van der Waals surface area (Å²) in [5.74, 6) is -0.663. The number of fused-ring (bicyclic) bond motifs is 1. The van der Waals surface area contributed by atoms with Crippen LogP contribution < -0.4 is 15.1 Å². The molecule has 0 saturated heterocycles. The lowest BCUT2D eigenvalue weighted by molar-refractivity contribution is -0.127. The summed E-state index contributed by atoms with van der Waals surface area (Å²) in [5.41, 5.74) is 4.29. The highest BCUT2D eigenvalue weighted by atomic mass is 16.2. The summed E-state index contributed by atoms with van der Waals surface area (Å²) in [7, 11) is 3.92. The Labute approximate surface area is 241 Å². The number of rotatable bonds is 9. The third-order valence-electron chi connectivity index (χ3n) is 8.01. The first-order chi connectivity index (χ1) is 19.8. The van der Waals surface area contributed by atoms with Gasteiger partial charge >= 0.3 is 0 Å². The van der Waals surface area contributed by atoms with Crippen molar-refractivity contribution in [2.45, 2.75) is 57.5 Å². The molecule has 1 atom stereocenters. The standard InChI is InChI=1S/C34H38N4O3/c1-23(39)28-13-8-10-16-31(28)38(32(40)21-25-22-35-30-15-9-7-14-29(25)30)33(24-17-19-27(20-18-24)37(2)3)34(41)36-26-11-5-4-6-12-26/h7-10,13-20,22,26,33,35H,4-6,11-12,21H2,1-3H3,(H,36,41)/t33-/m1/s1. The molecule has 0 spiro atoms. The summed E-state index contributed by atoms with van der Waals surface area (Å²) in [4.78, 5) is 48.3. The fourth-order valence-electron chi connectivity index (χ4n) is 5.82. The van der Waals surface area contributed by atoms with Crippen molar-refractivity contribution < 1.29 is 14.4 Å². The van der Waals surface area contributed by atoms with Crippen LogP contribution in [-0.4, -0.2) is 42.7 Å². The Morgan fingerprint density at radius 1 is 0.902 bits per heavy atom. The molecule has 2 N–H and O–H groups in total. The van der Waals surface area contributed by atoms with Gasteiger partial charge in [-0.05, 0) is 61.2 Å². The molecule has 0 bridgehead atoms. The minimum Gasteiger partial charge on any atom is -0.378 e. The quantitative estimate of drug-likeness (QED) is 0.243. The van der Waals surface area contributed by atoms with Gasteiger partial charge in [-0.1, -0.05) is 61.7 Å². The van der Waals surface area contributed by atoms with Crippen LogP contribution in [0.2, 0.25) is 0 Å². The van der Waals surface area contributed by atoms with E-state index < -0.39 is 6.04 Å². The lowest BCUT2D eigenvalue weighted by Crippen LogP contribution is -2.48. The summed E-state index contributed by atoms with van der Waals surface area (Å²) in [6, 6.07) is 21.7. The molecule has 1 saturated carbocycles. The number of aromatic amines is 1. The first-order valence-electron chi connectivity index (χ1n) is 14.4. The van der Waals surface area contributed by atoms with Gasteiger partial charge in [-0.2, -0.15) is 0 Å². The number of carbonyl (C=O) groups excluding carboxylic acids is 3. The van der Waals surface area contributed by atoms with Crippen molar-refractivity contribution in [3.63, 3.8) is 0 Å². The van der Waals surface area contributed by atoms with Crippen LogP contribution in [0.5, 0.6) is 0 Å². The maximum atomic E-state index is 14.4. The number of hydrogen-bond acceptors (Lipinski definition) is 4. The monoisotopic (exact) mass is 550 g/mol. The number of nitrogens with one attached hydrogen (secondary N) is 2. The van der Waals surface area contributed by atoms with Gasteiger partial charge < -0.3 is 15.2 Å². The molecule has 4 aromatic rings. The third-order valence-corrected chi connectivity index (χ3v) is 8.01. The predicted molar refractivity (Wildman–Crippen MR) is 164 cm³/mol. The van der Waals surface area contributed by atoms with Crippen LogP contribution in [0.25, 0.3) is 10.9 Å². The predicted octanol–water partition coefficient (Wildman–Crippen LogP) is 6.20. The second-order valence-corrected chi connectivity index (χ2v) is 11.1. The van der Waals surface area contributed by atoms with E-state index in [2.05, 4.69) is 10.3 Å². The van der Waals surface area contributed by atoms with E-state index in [4.69, 9.17) is 0 Å². The largest absolute Gasteiger partial charge is 0.378 e. The zero-order valence-corrected chi connectivity index (χ0v) is 24.0. The Balaban J connectivity index is 1.62. The molecule has 3 aromatic carbocycles. The number of carbonyl (C=O) groups is 3. The zero-order chi connectivity index (χ0) is 28.9. The fraction of sp³-hybridized carbons (Fsp3) is 0.324. The van der Waals surface area contributed by atoms with E-state index in [1.54, 1.807) is 29.2 Å². The van der Waals surface area contributed by atoms with Crippen LogP contribution in [0.1, 0.15) is 66.6 Å². The van der Waals surface area contributed by atoms with Gasteiger partial charge in [0.2, 0.25) is 11.8 Å². The number of amides is 2. The van der Waals surface area contributed by atoms with E-state index in [-0.39, 0.29) is 30.1 Å². The van der Waals surface area contributed by atoms with Crippen molar-refractivity contribution >= 4 is 39.9 Å². The van der Waals surface area contributed by atoms with E-state index in [1.807, 2.05) is 73.7 Å². The van der Waals surface area contributed by atoms with Gasteiger partial charge in [-0.25, -0.2) is 0 Å². The van der Waals surface area contributed by atoms with Crippen LogP contribution in [-0.2, 0) is 16.0 Å². The lowest BCUT2D eigenvalue weighted by Gasteiger charge is -2.34. The smallest absolute Gasteiger partial charge is 0.248 e. The van der Waals surface area contributed by atoms with Gasteiger partial charge in [0.1, 0.15) is 6.04 Å². The minimum absolute atomic E-state index is 0.0634. The molecule has 0 aliphatic heterocycles. The van der Waals surface area contributed by atoms with Crippen LogP contribution >= 0.6 is 0 Å². The van der Waals surface area contributed by atoms with Crippen molar-refractivity contribution in [2.75, 3.05) is 23.9 Å². The normalized spacial score (nSPS) is 14.4. The van der Waals surface area contributed by atoms with Gasteiger partial charge in [0.05, 0.1) is 12.1 Å². The van der Waals surface area contributed by atoms with Crippen molar-refractivity contribution in [3.8, 4) is 0 Å². The molecule has 1 aliphatic rings. The van der Waals surface area contributed by atoms with E-state index in [0.29, 0.717) is 16.8 Å². The molecule has 212 valence electrons. The molecule has 1 aliphatic carbocycles. The Hall–Kier alpha value is -4.39. The van der Waals surface area contributed by atoms with E-state index in [1.165, 1.54) is 13.3 Å². The first-order valence-corrected chi connectivity index (χ1v) is 14.4. The van der Waals surface area contributed by atoms with Crippen LogP contribution in [0, 0.1) is 0 Å². The highest BCUT2D eigenvalue weighted by molar-refractivity contribution is 6.09. The summed E-state index contributed by atoms with van der Waals surface area (Å²) >= 11 is 0. The molecule has 1 fully saturated rings. The number of anilines is 2. The maximum Gasteiger partial charge on any atom is 0.248 e. The van der Waals surface area contributed by atoms with Gasteiger partial charge in [0.25, 0.3) is 0 Å². The molecule has 0 radical (unpaired) electrons. The molecule has 5 rings (SSSR count). The first kappa shape index (κ1) is 28.1. The molecule has 7 heteroatoms. The van der Waals surface area contributed by atoms with Crippen LogP contribution in [0.3, 0.4) is 0 Å². The SMILES string of the molecule is CC(=O)c1ccccc1N(C(=O)Cc1c[nH]c2ccccc12)[C@@H](C(=O)NC1CCCCC1)c1ccc(N(C)C)cc1. The summed E-state index contributed by atoms with van der Waals surface area (Å²) < 4.78 is 0. The Kier molecular flexibility index (Phi) is 8.53. The molecule has 0 unspecified atom stereocenters. The number of hydrogen-bond donors (Lipinski definition) is 2. The highest BCUT2D eigenvalue weighted by Crippen LogP contribution is 2.34. The third kappa shape index (κ3) is 6.19. The fourth-order valence-corrected chi connectivity index (χ4v) is 5.82. The average molecular weight is 551 g/mol. The second-order valence-electron chi connectivity index (χ2n) is 11.1. The van der Waals surface area contributed by atoms with Gasteiger partial charge in [0.15, 0.2) is 5.78 Å². The molecule has 2 amide bonds. The van der Waals surface area contributed by atoms with Gasteiger partial charge in [-0.3, -0.25) is 19.3 Å². The van der Waals surface area contributed by atoms with Crippen molar-refractivity contribution in [1.29, 1.82) is 0 Å². The molecule has 1 aromatic heterocycles. The van der Waals surface area contributed by atoms with Crippen molar-refractivity contribution in [3.05, 3.63) is 95.7 Å². The number of benzene rings is 3. The van der Waals surface area contributed by atoms with Crippen LogP contribution in [0.15, 0.2) is 79.0 Å². The minimum atomic E-state index is -0.952. The van der Waals surface area contributed by atoms with Gasteiger partial charge in [0, 0.05) is 48.5 Å². The number of nitrogens with zero attached hydrogens (tertiary/aromatic N) is 2. The average Bonchev–Trinajstić information content (AvgIpc) is 3.38. The molecule has 41 heavy (non-hydrogen) atoms. The number of para-hydroxylation sites is 2. The van der Waals surface area contributed by atoms with Gasteiger partial charge in [-0.15, -0.1) is 0 Å². The summed E-state index contributed by atoms with van der Waals surface area (Å²) in [6.45, 7) is 1.49. The molecular weight excluding hydrogens is 512 g/mol. The molecular formula is C34H38N4O3. The number of ketones is 1. The molecule has 7 nitrogen and oxygen atoms in total. The van der Waals surface area contributed by atoms with Crippen LogP contribution in [0.4, 0.5) is 11.4 Å². The number of aromatic nitrogens is 1. The number of Topliss-reactive ketones (excluding diaryl/α,β-unsaturated/α-hetero) is 1. The van der Waals surface area contributed by atoms with E-state index in [9.17, 15) is 14.4 Å². The summed E-state index contributed by atoms with van der Waals surface area (Å²) in [5, 5.41) is 4.22. The topological polar surface area (TPSA) is 85.5 Å². The maximum absolute atomic E-state index is 14.4. The van der Waals surface area contributed by atoms with Crippen molar-refractivity contribution in [1.82, 2.24) is 10.3 Å². The zero-order valence-electron chi connectivity index (χ0n) is 24.0. The highest BCUT2D eigenvalue weighted by Gasteiger charge is 2.35. The number of H-pyrrole nitrogens is 1. The van der Waals surface area contributed by atoms with E-state index >= 15 is 0 Å². The Bertz CT molecular complexity index is 1530. The molecule has 1 heterocycles. The Morgan fingerprint density at radius 3 is 2.29 bits per heavy atom.